The molecule has 5 nitrogen and oxygen atoms in total. The molecule has 0 amide bonds. The lowest BCUT2D eigenvalue weighted by atomic mass is 10.1. The van der Waals surface area contributed by atoms with E-state index < -0.39 is 11.8 Å². The number of carboxylic acid groups (broad SMARTS) is 1. The van der Waals surface area contributed by atoms with Crippen LogP contribution in [0.3, 0.4) is 0 Å². The van der Waals surface area contributed by atoms with Crippen LogP contribution in [-0.4, -0.2) is 20.7 Å². The maximum atomic E-state index is 14.5. The van der Waals surface area contributed by atoms with E-state index in [1.165, 1.54) is 6.07 Å². The molecule has 0 aliphatic rings. The summed E-state index contributed by atoms with van der Waals surface area (Å²) in [5.41, 5.74) is -0.00787. The molecule has 3 aromatic rings. The summed E-state index contributed by atoms with van der Waals surface area (Å²) in [4.78, 5) is 11.4. The van der Waals surface area contributed by atoms with Crippen LogP contribution in [-0.2, 0) is 0 Å². The van der Waals surface area contributed by atoms with Crippen molar-refractivity contribution in [3.63, 3.8) is 0 Å². The van der Waals surface area contributed by atoms with Gasteiger partial charge in [0.2, 0.25) is 0 Å². The minimum Gasteiger partial charge on any atom is -0.478 e. The molecule has 0 unspecified atom stereocenters. The van der Waals surface area contributed by atoms with Gasteiger partial charge in [-0.05, 0) is 35.8 Å². The van der Waals surface area contributed by atoms with Crippen molar-refractivity contribution in [2.45, 2.75) is 0 Å². The van der Waals surface area contributed by atoms with E-state index in [0.29, 0.717) is 15.4 Å². The number of carbonyl (C=O) groups is 1. The van der Waals surface area contributed by atoms with E-state index >= 15 is 0 Å². The normalized spacial score (nSPS) is 10.9. The summed E-state index contributed by atoms with van der Waals surface area (Å²) < 4.78 is 19.3. The molecule has 2 aromatic carbocycles. The quantitative estimate of drug-likeness (QED) is 0.665. The molecule has 0 saturated heterocycles. The number of hydrogen-bond donors (Lipinski definition) is 2. The van der Waals surface area contributed by atoms with Crippen molar-refractivity contribution in [3.8, 4) is 0 Å². The van der Waals surface area contributed by atoms with Crippen molar-refractivity contribution in [2.24, 2.45) is 0 Å². The highest BCUT2D eigenvalue weighted by Gasteiger charge is 2.21. The second kappa shape index (κ2) is 5.79. The van der Waals surface area contributed by atoms with Crippen molar-refractivity contribution >= 4 is 66.6 Å². The topological polar surface area (TPSA) is 75.1 Å². The Bertz CT molecular complexity index is 902. The van der Waals surface area contributed by atoms with Gasteiger partial charge in [-0.15, -0.1) is 5.10 Å². The molecule has 0 aliphatic heterocycles. The number of aromatic nitrogens is 2. The van der Waals surface area contributed by atoms with E-state index in [-0.39, 0.29) is 16.8 Å². The standard InChI is InChI=1S/C13H6BrClFN3O2S/c14-5-1-2-8(7(15)3-5)17-11-6(13(20)21)4-9-12(10(11)16)18-19-22-9/h1-4,17H,(H,20,21). The van der Waals surface area contributed by atoms with E-state index in [9.17, 15) is 14.3 Å². The molecule has 0 atom stereocenters. The minimum absolute atomic E-state index is 0.0192. The summed E-state index contributed by atoms with van der Waals surface area (Å²) in [5, 5.41) is 16.0. The molecule has 1 aromatic heterocycles. The Morgan fingerprint density at radius 2 is 2.18 bits per heavy atom. The van der Waals surface area contributed by atoms with E-state index in [0.717, 1.165) is 16.0 Å². The Morgan fingerprint density at radius 3 is 2.86 bits per heavy atom. The number of fused-ring (bicyclic) bond motifs is 1. The zero-order chi connectivity index (χ0) is 15.9. The van der Waals surface area contributed by atoms with Gasteiger partial charge < -0.3 is 10.4 Å². The Labute approximate surface area is 141 Å². The maximum Gasteiger partial charge on any atom is 0.337 e. The van der Waals surface area contributed by atoms with Crippen LogP contribution in [0, 0.1) is 5.82 Å². The fourth-order valence-corrected chi connectivity index (χ4v) is 3.22. The van der Waals surface area contributed by atoms with Crippen LogP contribution in [0.5, 0.6) is 0 Å². The Morgan fingerprint density at radius 1 is 1.41 bits per heavy atom. The summed E-state index contributed by atoms with van der Waals surface area (Å²) in [7, 11) is 0. The van der Waals surface area contributed by atoms with Gasteiger partial charge in [-0.1, -0.05) is 32.0 Å². The molecule has 9 heteroatoms. The second-order valence-electron chi connectivity index (χ2n) is 4.29. The third kappa shape index (κ3) is 2.65. The Kier molecular flexibility index (Phi) is 3.98. The average Bonchev–Trinajstić information content (AvgIpc) is 2.92. The number of anilines is 2. The van der Waals surface area contributed by atoms with Crippen LogP contribution in [0.15, 0.2) is 28.7 Å². The molecule has 0 spiro atoms. The fraction of sp³-hybridized carbons (Fsp3) is 0. The molecule has 22 heavy (non-hydrogen) atoms. The van der Waals surface area contributed by atoms with Gasteiger partial charge >= 0.3 is 5.97 Å². The van der Waals surface area contributed by atoms with Crippen molar-refractivity contribution in [1.82, 2.24) is 9.59 Å². The van der Waals surface area contributed by atoms with E-state index in [1.807, 2.05) is 0 Å². The van der Waals surface area contributed by atoms with E-state index in [4.69, 9.17) is 11.6 Å². The first kappa shape index (κ1) is 15.1. The van der Waals surface area contributed by atoms with Gasteiger partial charge in [-0.2, -0.15) is 0 Å². The number of rotatable bonds is 3. The molecule has 0 fully saturated rings. The fourth-order valence-electron chi connectivity index (χ4n) is 1.90. The van der Waals surface area contributed by atoms with Gasteiger partial charge in [0.25, 0.3) is 0 Å². The van der Waals surface area contributed by atoms with Crippen LogP contribution in [0.25, 0.3) is 10.2 Å². The van der Waals surface area contributed by atoms with Crippen LogP contribution in [0.4, 0.5) is 15.8 Å². The van der Waals surface area contributed by atoms with Crippen molar-refractivity contribution in [2.75, 3.05) is 5.32 Å². The highest BCUT2D eigenvalue weighted by molar-refractivity contribution is 9.10. The predicted octanol–water partition coefficient (Wildman–Crippen LogP) is 4.69. The maximum absolute atomic E-state index is 14.5. The predicted molar refractivity (Wildman–Crippen MR) is 86.8 cm³/mol. The molecular formula is C13H6BrClFN3O2S. The zero-order valence-electron chi connectivity index (χ0n) is 10.6. The molecule has 0 radical (unpaired) electrons. The van der Waals surface area contributed by atoms with Crippen LogP contribution in [0.1, 0.15) is 10.4 Å². The van der Waals surface area contributed by atoms with Crippen molar-refractivity contribution in [1.29, 1.82) is 0 Å². The van der Waals surface area contributed by atoms with Gasteiger partial charge in [0.1, 0.15) is 5.52 Å². The summed E-state index contributed by atoms with van der Waals surface area (Å²) in [6.45, 7) is 0. The number of nitrogens with one attached hydrogen (secondary N) is 1. The van der Waals surface area contributed by atoms with Gasteiger partial charge in [0, 0.05) is 4.47 Å². The lowest BCUT2D eigenvalue weighted by molar-refractivity contribution is 0.0698. The van der Waals surface area contributed by atoms with Gasteiger partial charge in [0.05, 0.1) is 26.7 Å². The molecule has 2 N–H and O–H groups in total. The Balaban J connectivity index is 2.18. The molecule has 3 rings (SSSR count). The first-order chi connectivity index (χ1) is 10.5. The van der Waals surface area contributed by atoms with Crippen molar-refractivity contribution in [3.05, 3.63) is 45.1 Å². The summed E-state index contributed by atoms with van der Waals surface area (Å²) in [5.74, 6) is -2.03. The summed E-state index contributed by atoms with van der Waals surface area (Å²) in [6, 6.07) is 6.27. The average molecular weight is 403 g/mol. The number of benzene rings is 2. The molecule has 112 valence electrons. The van der Waals surface area contributed by atoms with Gasteiger partial charge in [0.15, 0.2) is 5.82 Å². The Hall–Kier alpha value is -1.77. The van der Waals surface area contributed by atoms with Crippen LogP contribution in [0.2, 0.25) is 5.02 Å². The number of carboxylic acids is 1. The number of aromatic carboxylic acids is 1. The SMILES string of the molecule is O=C(O)c1cc2snnc2c(F)c1Nc1ccc(Br)cc1Cl. The molecule has 0 bridgehead atoms. The third-order valence-corrected chi connectivity index (χ3v) is 4.38. The van der Waals surface area contributed by atoms with Gasteiger partial charge in [-0.3, -0.25) is 0 Å². The minimum atomic E-state index is -1.26. The first-order valence-corrected chi connectivity index (χ1v) is 7.81. The lowest BCUT2D eigenvalue weighted by Gasteiger charge is -2.12. The monoisotopic (exact) mass is 401 g/mol. The highest BCUT2D eigenvalue weighted by atomic mass is 79.9. The first-order valence-electron chi connectivity index (χ1n) is 5.87. The summed E-state index contributed by atoms with van der Waals surface area (Å²) in [6.07, 6.45) is 0. The summed E-state index contributed by atoms with van der Waals surface area (Å²) >= 11 is 10.3. The van der Waals surface area contributed by atoms with E-state index in [1.54, 1.807) is 18.2 Å². The molecule has 1 heterocycles. The molecular weight excluding hydrogens is 397 g/mol. The van der Waals surface area contributed by atoms with Crippen molar-refractivity contribution < 1.29 is 14.3 Å². The number of nitrogens with zero attached hydrogens (tertiary/aromatic N) is 2. The largest absolute Gasteiger partial charge is 0.478 e. The lowest BCUT2D eigenvalue weighted by Crippen LogP contribution is -2.06. The number of halogens is 3. The molecule has 0 saturated carbocycles. The number of hydrogen-bond acceptors (Lipinski definition) is 5. The molecule has 0 aliphatic carbocycles. The van der Waals surface area contributed by atoms with E-state index in [2.05, 4.69) is 30.8 Å². The highest BCUT2D eigenvalue weighted by Crippen LogP contribution is 2.34. The second-order valence-corrected chi connectivity index (χ2v) is 6.40. The van der Waals surface area contributed by atoms with Crippen LogP contribution < -0.4 is 5.32 Å². The zero-order valence-corrected chi connectivity index (χ0v) is 13.8. The van der Waals surface area contributed by atoms with Gasteiger partial charge in [-0.25, -0.2) is 9.18 Å². The third-order valence-electron chi connectivity index (χ3n) is 2.91. The van der Waals surface area contributed by atoms with Crippen LogP contribution >= 0.6 is 39.1 Å². The smallest absolute Gasteiger partial charge is 0.337 e.